The second-order valence-corrected chi connectivity index (χ2v) is 4.15. The van der Waals surface area contributed by atoms with E-state index in [2.05, 4.69) is 30.5 Å². The standard InChI is InChI=1S/C12H16N2O/c1-8(2)9-4-3-5-10-12(9)14-11(15)6-7-13-10/h3-5,8,13H,6-7H2,1-2H3,(H,14,15). The average Bonchev–Trinajstić information content (AvgIpc) is 2.37. The first-order valence-electron chi connectivity index (χ1n) is 5.35. The fourth-order valence-corrected chi connectivity index (χ4v) is 1.85. The molecule has 0 fully saturated rings. The summed E-state index contributed by atoms with van der Waals surface area (Å²) < 4.78 is 0. The third-order valence-corrected chi connectivity index (χ3v) is 2.65. The van der Waals surface area contributed by atoms with Gasteiger partial charge in [-0.05, 0) is 17.5 Å². The Bertz CT molecular complexity index is 385. The van der Waals surface area contributed by atoms with E-state index < -0.39 is 0 Å². The van der Waals surface area contributed by atoms with Crippen LogP contribution in [0.25, 0.3) is 0 Å². The van der Waals surface area contributed by atoms with Gasteiger partial charge >= 0.3 is 0 Å². The molecule has 0 aromatic heterocycles. The van der Waals surface area contributed by atoms with Gasteiger partial charge in [0, 0.05) is 13.0 Å². The summed E-state index contributed by atoms with van der Waals surface area (Å²) in [6, 6.07) is 6.10. The number of fused-ring (bicyclic) bond motifs is 1. The minimum absolute atomic E-state index is 0.0920. The average molecular weight is 204 g/mol. The maximum atomic E-state index is 11.5. The van der Waals surface area contributed by atoms with E-state index in [9.17, 15) is 4.79 Å². The van der Waals surface area contributed by atoms with E-state index in [1.165, 1.54) is 5.56 Å². The summed E-state index contributed by atoms with van der Waals surface area (Å²) >= 11 is 0. The lowest BCUT2D eigenvalue weighted by molar-refractivity contribution is -0.115. The van der Waals surface area contributed by atoms with Crippen molar-refractivity contribution in [1.82, 2.24) is 0 Å². The number of rotatable bonds is 1. The highest BCUT2D eigenvalue weighted by Gasteiger charge is 2.16. The molecule has 2 N–H and O–H groups in total. The fraction of sp³-hybridized carbons (Fsp3) is 0.417. The number of hydrogen-bond donors (Lipinski definition) is 2. The molecule has 0 saturated carbocycles. The monoisotopic (exact) mass is 204 g/mol. The van der Waals surface area contributed by atoms with Crippen LogP contribution in [0.15, 0.2) is 18.2 Å². The van der Waals surface area contributed by atoms with Crippen LogP contribution < -0.4 is 10.6 Å². The molecule has 0 radical (unpaired) electrons. The van der Waals surface area contributed by atoms with Gasteiger partial charge in [-0.25, -0.2) is 0 Å². The van der Waals surface area contributed by atoms with Gasteiger partial charge < -0.3 is 10.6 Å². The third-order valence-electron chi connectivity index (χ3n) is 2.65. The summed E-state index contributed by atoms with van der Waals surface area (Å²) in [5.41, 5.74) is 3.18. The topological polar surface area (TPSA) is 41.1 Å². The zero-order valence-electron chi connectivity index (χ0n) is 9.13. The molecule has 0 atom stereocenters. The van der Waals surface area contributed by atoms with Gasteiger partial charge in [0.25, 0.3) is 0 Å². The molecule has 1 aromatic carbocycles. The Morgan fingerprint density at radius 2 is 2.13 bits per heavy atom. The summed E-state index contributed by atoms with van der Waals surface area (Å²) in [5.74, 6) is 0.509. The molecular weight excluding hydrogens is 188 g/mol. The number of carbonyl (C=O) groups is 1. The van der Waals surface area contributed by atoms with E-state index in [-0.39, 0.29) is 5.91 Å². The number of anilines is 2. The molecule has 3 heteroatoms. The summed E-state index contributed by atoms with van der Waals surface area (Å²) in [6.07, 6.45) is 0.534. The number of carbonyl (C=O) groups excluding carboxylic acids is 1. The molecule has 1 heterocycles. The van der Waals surface area contributed by atoms with Crippen molar-refractivity contribution in [2.24, 2.45) is 0 Å². The van der Waals surface area contributed by atoms with Gasteiger partial charge in [-0.2, -0.15) is 0 Å². The second-order valence-electron chi connectivity index (χ2n) is 4.15. The summed E-state index contributed by atoms with van der Waals surface area (Å²) in [7, 11) is 0. The van der Waals surface area contributed by atoms with Gasteiger partial charge in [-0.3, -0.25) is 4.79 Å². The highest BCUT2D eigenvalue weighted by atomic mass is 16.1. The molecule has 1 aromatic rings. The van der Waals surface area contributed by atoms with Crippen LogP contribution in [0.3, 0.4) is 0 Å². The van der Waals surface area contributed by atoms with Crippen LogP contribution in [0.5, 0.6) is 0 Å². The summed E-state index contributed by atoms with van der Waals surface area (Å²) in [4.78, 5) is 11.5. The van der Waals surface area contributed by atoms with Crippen LogP contribution in [0, 0.1) is 0 Å². The van der Waals surface area contributed by atoms with E-state index >= 15 is 0 Å². The van der Waals surface area contributed by atoms with Crippen LogP contribution >= 0.6 is 0 Å². The lowest BCUT2D eigenvalue weighted by Gasteiger charge is -2.15. The number of hydrogen-bond acceptors (Lipinski definition) is 2. The third kappa shape index (κ3) is 1.96. The number of amides is 1. The maximum absolute atomic E-state index is 11.5. The molecule has 1 aliphatic heterocycles. The zero-order valence-corrected chi connectivity index (χ0v) is 9.13. The number of benzene rings is 1. The molecule has 1 aliphatic rings. The Morgan fingerprint density at radius 3 is 2.87 bits per heavy atom. The quantitative estimate of drug-likeness (QED) is 0.738. The normalized spacial score (nSPS) is 15.3. The Hall–Kier alpha value is -1.51. The van der Waals surface area contributed by atoms with Crippen molar-refractivity contribution in [3.05, 3.63) is 23.8 Å². The lowest BCUT2D eigenvalue weighted by Crippen LogP contribution is -2.12. The van der Waals surface area contributed by atoms with E-state index in [1.54, 1.807) is 0 Å². The highest BCUT2D eigenvalue weighted by molar-refractivity contribution is 5.97. The van der Waals surface area contributed by atoms with E-state index in [0.717, 1.165) is 11.4 Å². The van der Waals surface area contributed by atoms with Gasteiger partial charge in [0.1, 0.15) is 0 Å². The van der Waals surface area contributed by atoms with Crippen molar-refractivity contribution in [2.75, 3.05) is 17.2 Å². The molecular formula is C12H16N2O. The predicted molar refractivity (Wildman–Crippen MR) is 62.3 cm³/mol. The SMILES string of the molecule is CC(C)c1cccc2c1NC(=O)CCN2. The van der Waals surface area contributed by atoms with Gasteiger partial charge in [0.2, 0.25) is 5.91 Å². The minimum atomic E-state index is 0.0920. The predicted octanol–water partition coefficient (Wildman–Crippen LogP) is 2.56. The van der Waals surface area contributed by atoms with Crippen molar-refractivity contribution < 1.29 is 4.79 Å². The first-order valence-corrected chi connectivity index (χ1v) is 5.35. The summed E-state index contributed by atoms with van der Waals surface area (Å²) in [6.45, 7) is 4.97. The van der Waals surface area contributed by atoms with Crippen LogP contribution in [0.4, 0.5) is 11.4 Å². The highest BCUT2D eigenvalue weighted by Crippen LogP contribution is 2.32. The largest absolute Gasteiger partial charge is 0.383 e. The molecule has 1 amide bonds. The van der Waals surface area contributed by atoms with Crippen LogP contribution in [-0.2, 0) is 4.79 Å². The molecule has 0 bridgehead atoms. The van der Waals surface area contributed by atoms with E-state index in [4.69, 9.17) is 0 Å². The number of nitrogens with one attached hydrogen (secondary N) is 2. The lowest BCUT2D eigenvalue weighted by atomic mass is 10.00. The smallest absolute Gasteiger partial charge is 0.226 e. The molecule has 0 saturated heterocycles. The van der Waals surface area contributed by atoms with Crippen molar-refractivity contribution in [3.63, 3.8) is 0 Å². The van der Waals surface area contributed by atoms with Crippen molar-refractivity contribution >= 4 is 17.3 Å². The Balaban J connectivity index is 2.47. The van der Waals surface area contributed by atoms with Crippen molar-refractivity contribution in [2.45, 2.75) is 26.2 Å². The molecule has 0 aliphatic carbocycles. The maximum Gasteiger partial charge on any atom is 0.226 e. The van der Waals surface area contributed by atoms with Crippen molar-refractivity contribution in [3.8, 4) is 0 Å². The van der Waals surface area contributed by atoms with Gasteiger partial charge in [-0.15, -0.1) is 0 Å². The van der Waals surface area contributed by atoms with E-state index in [1.807, 2.05) is 12.1 Å². The molecule has 15 heavy (non-hydrogen) atoms. The molecule has 0 spiro atoms. The fourth-order valence-electron chi connectivity index (χ4n) is 1.85. The first kappa shape index (κ1) is 10.0. The van der Waals surface area contributed by atoms with Crippen molar-refractivity contribution in [1.29, 1.82) is 0 Å². The Labute approximate surface area is 89.9 Å². The van der Waals surface area contributed by atoms with Gasteiger partial charge in [0.15, 0.2) is 0 Å². The van der Waals surface area contributed by atoms with Crippen LogP contribution in [0.2, 0.25) is 0 Å². The second kappa shape index (κ2) is 3.93. The Morgan fingerprint density at radius 1 is 1.33 bits per heavy atom. The molecule has 3 nitrogen and oxygen atoms in total. The van der Waals surface area contributed by atoms with Crippen LogP contribution in [-0.4, -0.2) is 12.5 Å². The zero-order chi connectivity index (χ0) is 10.8. The molecule has 80 valence electrons. The molecule has 0 unspecified atom stereocenters. The first-order chi connectivity index (χ1) is 7.18. The number of para-hydroxylation sites is 1. The van der Waals surface area contributed by atoms with E-state index in [0.29, 0.717) is 18.9 Å². The van der Waals surface area contributed by atoms with Crippen LogP contribution in [0.1, 0.15) is 31.7 Å². The van der Waals surface area contributed by atoms with Gasteiger partial charge in [0.05, 0.1) is 11.4 Å². The minimum Gasteiger partial charge on any atom is -0.383 e. The summed E-state index contributed by atoms with van der Waals surface area (Å²) in [5, 5.41) is 6.24. The Kier molecular flexibility index (Phi) is 2.62. The molecule has 2 rings (SSSR count). The van der Waals surface area contributed by atoms with Gasteiger partial charge in [-0.1, -0.05) is 26.0 Å².